The largest absolute Gasteiger partial charge is 0.497 e. The highest BCUT2D eigenvalue weighted by Gasteiger charge is 2.52. The fraction of sp³-hybridized carbons (Fsp3) is 0.417. The topological polar surface area (TPSA) is 69.0 Å². The Kier molecular flexibility index (Phi) is 4.65. The van der Waals surface area contributed by atoms with E-state index < -0.39 is 6.04 Å². The van der Waals surface area contributed by atoms with Gasteiger partial charge in [-0.2, -0.15) is 0 Å². The molecule has 3 heterocycles. The zero-order valence-corrected chi connectivity index (χ0v) is 17.2. The average Bonchev–Trinajstić information content (AvgIpc) is 3.37. The number of ketones is 1. The Labute approximate surface area is 175 Å². The van der Waals surface area contributed by atoms with Gasteiger partial charge in [-0.15, -0.1) is 0 Å². The number of fused-ring (bicyclic) bond motifs is 1. The number of ether oxygens (including phenoxy) is 2. The van der Waals surface area contributed by atoms with Crippen molar-refractivity contribution in [2.75, 3.05) is 7.11 Å². The quantitative estimate of drug-likeness (QED) is 0.765. The summed E-state index contributed by atoms with van der Waals surface area (Å²) in [4.78, 5) is 28.7. The highest BCUT2D eigenvalue weighted by atomic mass is 16.5. The summed E-state index contributed by atoms with van der Waals surface area (Å²) in [5.41, 5.74) is 1.35. The first-order valence-electron chi connectivity index (χ1n) is 10.5. The van der Waals surface area contributed by atoms with E-state index in [-0.39, 0.29) is 36.0 Å². The van der Waals surface area contributed by atoms with Crippen molar-refractivity contribution in [3.8, 4) is 5.75 Å². The number of carbonyl (C=O) groups is 2. The van der Waals surface area contributed by atoms with Crippen LogP contribution in [0, 0.1) is 11.8 Å². The molecule has 3 aliphatic rings. The predicted octanol–water partition coefficient (Wildman–Crippen LogP) is 4.03. The maximum Gasteiger partial charge on any atom is 0.290 e. The summed E-state index contributed by atoms with van der Waals surface area (Å²) in [5.74, 6) is 1.74. The summed E-state index contributed by atoms with van der Waals surface area (Å²) in [6, 6.07) is 10.7. The second-order valence-electron chi connectivity index (χ2n) is 8.48. The molecule has 30 heavy (non-hydrogen) atoms. The first-order valence-corrected chi connectivity index (χ1v) is 10.5. The molecule has 6 heteroatoms. The molecule has 0 saturated heterocycles. The second-order valence-corrected chi connectivity index (χ2v) is 8.48. The molecule has 1 aromatic heterocycles. The molecule has 0 bridgehead atoms. The van der Waals surface area contributed by atoms with E-state index in [1.807, 2.05) is 30.3 Å². The molecule has 6 nitrogen and oxygen atoms in total. The third-order valence-corrected chi connectivity index (χ3v) is 6.54. The van der Waals surface area contributed by atoms with Crippen LogP contribution in [-0.2, 0) is 20.9 Å². The molecule has 0 N–H and O–H groups in total. The normalized spacial score (nSPS) is 28.3. The van der Waals surface area contributed by atoms with Crippen LogP contribution in [0.1, 0.15) is 43.6 Å². The van der Waals surface area contributed by atoms with E-state index in [1.165, 1.54) is 0 Å². The lowest BCUT2D eigenvalue weighted by molar-refractivity contribution is -0.136. The Morgan fingerprint density at radius 3 is 2.63 bits per heavy atom. The van der Waals surface area contributed by atoms with Gasteiger partial charge in [0.1, 0.15) is 17.6 Å². The number of rotatable bonds is 4. The number of amides is 1. The molecular weight excluding hydrogens is 382 g/mol. The number of nitrogens with zero attached hydrogens (tertiary/aromatic N) is 1. The van der Waals surface area contributed by atoms with Crippen molar-refractivity contribution in [3.05, 3.63) is 65.3 Å². The SMILES string of the molecule is COc1ccc(C2C3=C(OC4CCC(C)CC4C3=O)C(=O)N2Cc2ccco2)cc1. The highest BCUT2D eigenvalue weighted by Crippen LogP contribution is 2.48. The number of benzene rings is 1. The molecule has 1 aromatic carbocycles. The van der Waals surface area contributed by atoms with Gasteiger partial charge in [-0.25, -0.2) is 0 Å². The second kappa shape index (κ2) is 7.35. The summed E-state index contributed by atoms with van der Waals surface area (Å²) in [5, 5.41) is 0. The van der Waals surface area contributed by atoms with Crippen LogP contribution in [0.25, 0.3) is 0 Å². The standard InChI is InChI=1S/C24H25NO5/c1-14-5-10-19-18(12-14)22(26)20-21(15-6-8-16(28-2)9-7-15)25(24(27)23(20)30-19)13-17-4-3-11-29-17/h3-4,6-9,11,14,18-19,21H,5,10,12-13H2,1-2H3. The van der Waals surface area contributed by atoms with Crippen LogP contribution in [0.2, 0.25) is 0 Å². The molecule has 1 saturated carbocycles. The monoisotopic (exact) mass is 407 g/mol. The molecule has 0 spiro atoms. The van der Waals surface area contributed by atoms with Gasteiger partial charge in [0, 0.05) is 0 Å². The molecule has 0 radical (unpaired) electrons. The van der Waals surface area contributed by atoms with Gasteiger partial charge in [0.15, 0.2) is 11.5 Å². The van der Waals surface area contributed by atoms with E-state index in [9.17, 15) is 9.59 Å². The van der Waals surface area contributed by atoms with Crippen molar-refractivity contribution in [1.82, 2.24) is 4.90 Å². The predicted molar refractivity (Wildman–Crippen MR) is 108 cm³/mol. The van der Waals surface area contributed by atoms with Crippen LogP contribution < -0.4 is 4.74 Å². The summed E-state index contributed by atoms with van der Waals surface area (Å²) in [6.45, 7) is 2.45. The lowest BCUT2D eigenvalue weighted by atomic mass is 9.74. The number of methoxy groups -OCH3 is 1. The molecule has 4 atom stereocenters. The number of hydrogen-bond acceptors (Lipinski definition) is 5. The minimum Gasteiger partial charge on any atom is -0.497 e. The number of Topliss-reactive ketones (excluding diaryl/α,β-unsaturated/α-hetero) is 1. The molecule has 1 aliphatic carbocycles. The fourth-order valence-corrected chi connectivity index (χ4v) is 4.99. The minimum absolute atomic E-state index is 0.0592. The van der Waals surface area contributed by atoms with Crippen molar-refractivity contribution >= 4 is 11.7 Å². The third-order valence-electron chi connectivity index (χ3n) is 6.54. The van der Waals surface area contributed by atoms with E-state index in [0.717, 1.165) is 30.6 Å². The van der Waals surface area contributed by atoms with E-state index in [0.29, 0.717) is 17.3 Å². The molecule has 156 valence electrons. The average molecular weight is 407 g/mol. The van der Waals surface area contributed by atoms with Gasteiger partial charge in [0.25, 0.3) is 5.91 Å². The van der Waals surface area contributed by atoms with Crippen LogP contribution in [-0.4, -0.2) is 29.8 Å². The van der Waals surface area contributed by atoms with Crippen LogP contribution >= 0.6 is 0 Å². The molecule has 1 fully saturated rings. The number of furan rings is 1. The number of hydrogen-bond donors (Lipinski definition) is 0. The zero-order chi connectivity index (χ0) is 20.8. The van der Waals surface area contributed by atoms with Gasteiger partial charge in [-0.05, 0) is 55.0 Å². The summed E-state index contributed by atoms with van der Waals surface area (Å²) in [7, 11) is 1.61. The summed E-state index contributed by atoms with van der Waals surface area (Å²) >= 11 is 0. The van der Waals surface area contributed by atoms with Gasteiger partial charge >= 0.3 is 0 Å². The van der Waals surface area contributed by atoms with Gasteiger partial charge in [-0.3, -0.25) is 9.59 Å². The molecular formula is C24H25NO5. The smallest absolute Gasteiger partial charge is 0.290 e. The van der Waals surface area contributed by atoms with E-state index in [4.69, 9.17) is 13.9 Å². The van der Waals surface area contributed by atoms with Crippen LogP contribution in [0.15, 0.2) is 58.4 Å². The van der Waals surface area contributed by atoms with Gasteiger partial charge in [0.2, 0.25) is 0 Å². The lowest BCUT2D eigenvalue weighted by Crippen LogP contribution is -2.41. The zero-order valence-electron chi connectivity index (χ0n) is 17.2. The van der Waals surface area contributed by atoms with Crippen LogP contribution in [0.4, 0.5) is 0 Å². The first-order chi connectivity index (χ1) is 14.6. The molecule has 2 aliphatic heterocycles. The Morgan fingerprint density at radius 2 is 1.93 bits per heavy atom. The van der Waals surface area contributed by atoms with E-state index in [2.05, 4.69) is 6.92 Å². The Balaban J connectivity index is 1.57. The van der Waals surface area contributed by atoms with Crippen molar-refractivity contribution in [2.24, 2.45) is 11.8 Å². The molecule has 5 rings (SSSR count). The molecule has 4 unspecified atom stereocenters. The van der Waals surface area contributed by atoms with Crippen molar-refractivity contribution in [1.29, 1.82) is 0 Å². The van der Waals surface area contributed by atoms with Crippen molar-refractivity contribution in [2.45, 2.75) is 44.9 Å². The van der Waals surface area contributed by atoms with E-state index in [1.54, 1.807) is 24.3 Å². The highest BCUT2D eigenvalue weighted by molar-refractivity contribution is 6.11. The van der Waals surface area contributed by atoms with Crippen molar-refractivity contribution in [3.63, 3.8) is 0 Å². The van der Waals surface area contributed by atoms with Crippen LogP contribution in [0.3, 0.4) is 0 Å². The Morgan fingerprint density at radius 1 is 1.13 bits per heavy atom. The molecule has 2 aromatic rings. The summed E-state index contributed by atoms with van der Waals surface area (Å²) in [6.07, 6.45) is 4.03. The van der Waals surface area contributed by atoms with Gasteiger partial charge in [0.05, 0.1) is 37.5 Å². The molecule has 1 amide bonds. The van der Waals surface area contributed by atoms with Crippen molar-refractivity contribution < 1.29 is 23.5 Å². The Bertz CT molecular complexity index is 991. The fourth-order valence-electron chi connectivity index (χ4n) is 4.99. The Hall–Kier alpha value is -3.02. The number of carbonyl (C=O) groups excluding carboxylic acids is 2. The summed E-state index contributed by atoms with van der Waals surface area (Å²) < 4.78 is 17.0. The lowest BCUT2D eigenvalue weighted by Gasteiger charge is -2.37. The van der Waals surface area contributed by atoms with Gasteiger partial charge < -0.3 is 18.8 Å². The minimum atomic E-state index is -0.491. The first kappa shape index (κ1) is 19.0. The maximum absolute atomic E-state index is 13.6. The maximum atomic E-state index is 13.6. The van der Waals surface area contributed by atoms with Gasteiger partial charge in [-0.1, -0.05) is 19.1 Å². The van der Waals surface area contributed by atoms with Crippen LogP contribution in [0.5, 0.6) is 5.75 Å². The van der Waals surface area contributed by atoms with E-state index >= 15 is 0 Å². The third kappa shape index (κ3) is 3.02.